The molecule has 0 radical (unpaired) electrons. The zero-order chi connectivity index (χ0) is 12.3. The van der Waals surface area contributed by atoms with Crippen LogP contribution in [0.2, 0.25) is 0 Å². The summed E-state index contributed by atoms with van der Waals surface area (Å²) < 4.78 is 5.07. The molecule has 0 unspecified atom stereocenters. The van der Waals surface area contributed by atoms with E-state index in [0.29, 0.717) is 17.2 Å². The summed E-state index contributed by atoms with van der Waals surface area (Å²) in [6, 6.07) is 3.05. The molecule has 2 rings (SSSR count). The van der Waals surface area contributed by atoms with Crippen molar-refractivity contribution in [2.24, 2.45) is 0 Å². The number of aromatic nitrogens is 1. The van der Waals surface area contributed by atoms with Crippen molar-refractivity contribution in [1.29, 1.82) is 0 Å². The van der Waals surface area contributed by atoms with Crippen LogP contribution in [0.4, 0.5) is 5.69 Å². The molecule has 2 aromatic rings. The van der Waals surface area contributed by atoms with E-state index in [2.05, 4.69) is 4.98 Å². The molecular formula is C11H10N2O3S. The van der Waals surface area contributed by atoms with Gasteiger partial charge in [-0.1, -0.05) is 0 Å². The number of anilines is 1. The highest BCUT2D eigenvalue weighted by Crippen LogP contribution is 2.26. The number of hydrogen-bond acceptors (Lipinski definition) is 6. The number of nitrogens with two attached hydrogens (primary N) is 1. The van der Waals surface area contributed by atoms with Crippen LogP contribution in [-0.4, -0.2) is 10.1 Å². The Morgan fingerprint density at radius 2 is 2.35 bits per heavy atom. The molecule has 17 heavy (non-hydrogen) atoms. The van der Waals surface area contributed by atoms with Gasteiger partial charge in [-0.2, -0.15) is 0 Å². The van der Waals surface area contributed by atoms with Crippen LogP contribution in [-0.2, 0) is 5.75 Å². The topological polar surface area (TPSA) is 89.3 Å². The van der Waals surface area contributed by atoms with Crippen LogP contribution in [0.25, 0.3) is 0 Å². The minimum Gasteiger partial charge on any atom is -0.502 e. The van der Waals surface area contributed by atoms with Crippen molar-refractivity contribution < 1.29 is 9.52 Å². The van der Waals surface area contributed by atoms with Gasteiger partial charge in [0.25, 0.3) is 0 Å². The Labute approximate surface area is 101 Å². The zero-order valence-electron chi connectivity index (χ0n) is 8.79. The van der Waals surface area contributed by atoms with Crippen molar-refractivity contribution >= 4 is 17.4 Å². The predicted molar refractivity (Wildman–Crippen MR) is 64.9 cm³/mol. The van der Waals surface area contributed by atoms with E-state index in [4.69, 9.17) is 15.3 Å². The molecule has 0 spiro atoms. The molecule has 2 aromatic heterocycles. The lowest BCUT2D eigenvalue weighted by Gasteiger charge is -2.03. The second kappa shape index (κ2) is 4.92. The summed E-state index contributed by atoms with van der Waals surface area (Å²) in [6.45, 7) is 0. The van der Waals surface area contributed by atoms with E-state index in [-0.39, 0.29) is 5.75 Å². The summed E-state index contributed by atoms with van der Waals surface area (Å²) in [7, 11) is 0. The lowest BCUT2D eigenvalue weighted by Crippen LogP contribution is -1.99. The smallest absolute Gasteiger partial charge is 0.226 e. The first-order valence-corrected chi connectivity index (χ1v) is 5.78. The van der Waals surface area contributed by atoms with Gasteiger partial charge < -0.3 is 15.3 Å². The summed E-state index contributed by atoms with van der Waals surface area (Å²) in [6.07, 6.45) is 4.25. The van der Waals surface area contributed by atoms with Crippen LogP contribution < -0.4 is 11.2 Å². The minimum atomic E-state index is -0.449. The lowest BCUT2D eigenvalue weighted by atomic mass is 10.4. The standard InChI is InChI=1S/C11H10N2O3S/c12-8-4-13-2-1-11(8)17-6-7-3-9(14)10(15)5-16-7/h1-5,15H,6,12H2. The van der Waals surface area contributed by atoms with E-state index >= 15 is 0 Å². The van der Waals surface area contributed by atoms with E-state index in [0.717, 1.165) is 11.2 Å². The molecule has 0 amide bonds. The van der Waals surface area contributed by atoms with Crippen molar-refractivity contribution in [2.75, 3.05) is 5.73 Å². The molecule has 88 valence electrons. The molecule has 0 aliphatic heterocycles. The van der Waals surface area contributed by atoms with Gasteiger partial charge in [-0.15, -0.1) is 11.8 Å². The van der Waals surface area contributed by atoms with Gasteiger partial charge in [0.05, 0.1) is 17.6 Å². The maximum Gasteiger partial charge on any atom is 0.226 e. The lowest BCUT2D eigenvalue weighted by molar-refractivity contribution is 0.419. The van der Waals surface area contributed by atoms with E-state index in [9.17, 15) is 4.79 Å². The molecule has 0 saturated carbocycles. The van der Waals surface area contributed by atoms with Gasteiger partial charge in [-0.25, -0.2) is 0 Å². The van der Waals surface area contributed by atoms with Crippen molar-refractivity contribution in [1.82, 2.24) is 4.98 Å². The minimum absolute atomic E-state index is 0.387. The average Bonchev–Trinajstić information content (AvgIpc) is 2.32. The molecule has 6 heteroatoms. The highest BCUT2D eigenvalue weighted by Gasteiger charge is 2.04. The molecule has 0 aliphatic carbocycles. The van der Waals surface area contributed by atoms with Gasteiger partial charge in [-0.3, -0.25) is 9.78 Å². The monoisotopic (exact) mass is 250 g/mol. The van der Waals surface area contributed by atoms with Crippen LogP contribution in [0.15, 0.2) is 44.9 Å². The van der Waals surface area contributed by atoms with Crippen molar-refractivity contribution in [3.05, 3.63) is 46.8 Å². The molecule has 3 N–H and O–H groups in total. The van der Waals surface area contributed by atoms with Crippen LogP contribution in [0.5, 0.6) is 5.75 Å². The molecule has 0 bridgehead atoms. The van der Waals surface area contributed by atoms with Gasteiger partial charge in [0, 0.05) is 17.2 Å². The Kier molecular flexibility index (Phi) is 3.34. The van der Waals surface area contributed by atoms with E-state index in [1.165, 1.54) is 17.8 Å². The van der Waals surface area contributed by atoms with E-state index < -0.39 is 5.43 Å². The van der Waals surface area contributed by atoms with Crippen molar-refractivity contribution in [2.45, 2.75) is 10.6 Å². The largest absolute Gasteiger partial charge is 0.502 e. The fourth-order valence-corrected chi connectivity index (χ4v) is 2.02. The quantitative estimate of drug-likeness (QED) is 0.804. The molecule has 5 nitrogen and oxygen atoms in total. The Morgan fingerprint density at radius 1 is 1.53 bits per heavy atom. The fraction of sp³-hybridized carbons (Fsp3) is 0.0909. The maximum atomic E-state index is 11.2. The Hall–Kier alpha value is -1.95. The van der Waals surface area contributed by atoms with Crippen molar-refractivity contribution in [3.8, 4) is 5.75 Å². The zero-order valence-corrected chi connectivity index (χ0v) is 9.61. The molecule has 0 aliphatic rings. The third-order valence-electron chi connectivity index (χ3n) is 2.05. The van der Waals surface area contributed by atoms with Gasteiger partial charge >= 0.3 is 0 Å². The number of nitrogens with zero attached hydrogens (tertiary/aromatic N) is 1. The molecule has 2 heterocycles. The first-order chi connectivity index (χ1) is 8.16. The fourth-order valence-electron chi connectivity index (χ4n) is 1.19. The Bertz CT molecular complexity index is 583. The normalized spacial score (nSPS) is 10.4. The SMILES string of the molecule is Nc1cnccc1SCc1cc(=O)c(O)co1. The second-order valence-electron chi connectivity index (χ2n) is 3.30. The third-order valence-corrected chi connectivity index (χ3v) is 3.16. The Morgan fingerprint density at radius 3 is 3.06 bits per heavy atom. The number of thioether (sulfide) groups is 1. The van der Waals surface area contributed by atoms with Crippen LogP contribution >= 0.6 is 11.8 Å². The van der Waals surface area contributed by atoms with Crippen molar-refractivity contribution in [3.63, 3.8) is 0 Å². The van der Waals surface area contributed by atoms with Gasteiger partial charge in [0.1, 0.15) is 12.0 Å². The molecular weight excluding hydrogens is 240 g/mol. The van der Waals surface area contributed by atoms with Gasteiger partial charge in [-0.05, 0) is 6.07 Å². The molecule has 0 aromatic carbocycles. The van der Waals surface area contributed by atoms with E-state index in [1.807, 2.05) is 0 Å². The summed E-state index contributed by atoms with van der Waals surface area (Å²) in [4.78, 5) is 15.9. The van der Waals surface area contributed by atoms with Crippen LogP contribution in [0.3, 0.4) is 0 Å². The second-order valence-corrected chi connectivity index (χ2v) is 4.32. The predicted octanol–water partition coefficient (Wildman–Crippen LogP) is 1.61. The number of pyridine rings is 1. The Balaban J connectivity index is 2.10. The molecule has 0 fully saturated rings. The number of rotatable bonds is 3. The summed E-state index contributed by atoms with van der Waals surface area (Å²) in [5, 5.41) is 9.03. The van der Waals surface area contributed by atoms with Gasteiger partial charge in [0.15, 0.2) is 5.75 Å². The number of nitrogen functional groups attached to an aromatic ring is 1. The first-order valence-electron chi connectivity index (χ1n) is 4.80. The van der Waals surface area contributed by atoms with Crippen LogP contribution in [0, 0.1) is 0 Å². The number of aromatic hydroxyl groups is 1. The summed E-state index contributed by atoms with van der Waals surface area (Å²) in [5.41, 5.74) is 5.86. The summed E-state index contributed by atoms with van der Waals surface area (Å²) >= 11 is 1.44. The summed E-state index contributed by atoms with van der Waals surface area (Å²) in [5.74, 6) is 0.556. The number of hydrogen-bond donors (Lipinski definition) is 2. The average molecular weight is 250 g/mol. The van der Waals surface area contributed by atoms with Crippen LogP contribution in [0.1, 0.15) is 5.76 Å². The molecule has 0 saturated heterocycles. The molecule has 0 atom stereocenters. The maximum absolute atomic E-state index is 11.2. The van der Waals surface area contributed by atoms with E-state index in [1.54, 1.807) is 18.5 Å². The van der Waals surface area contributed by atoms with Gasteiger partial charge in [0.2, 0.25) is 5.43 Å². The highest BCUT2D eigenvalue weighted by atomic mass is 32.2. The third kappa shape index (κ3) is 2.79. The first kappa shape index (κ1) is 11.5. The highest BCUT2D eigenvalue weighted by molar-refractivity contribution is 7.98.